The van der Waals surface area contributed by atoms with Gasteiger partial charge in [-0.05, 0) is 24.3 Å². The molecule has 7 heteroatoms. The van der Waals surface area contributed by atoms with Gasteiger partial charge in [-0.2, -0.15) is 4.98 Å². The number of nitrogens with zero attached hydrogens (tertiary/aromatic N) is 3. The zero-order valence-electron chi connectivity index (χ0n) is 12.5. The van der Waals surface area contributed by atoms with Gasteiger partial charge >= 0.3 is 0 Å². The van der Waals surface area contributed by atoms with Gasteiger partial charge < -0.3 is 9.26 Å². The van der Waals surface area contributed by atoms with Crippen LogP contribution in [0.2, 0.25) is 5.02 Å². The summed E-state index contributed by atoms with van der Waals surface area (Å²) in [4.78, 5) is 18.1. The van der Waals surface area contributed by atoms with Gasteiger partial charge in [-0.3, -0.25) is 9.69 Å². The number of amides is 1. The van der Waals surface area contributed by atoms with Crippen LogP contribution in [0.5, 0.6) is 5.75 Å². The van der Waals surface area contributed by atoms with Crippen LogP contribution in [0.25, 0.3) is 11.4 Å². The third-order valence-corrected chi connectivity index (χ3v) is 4.01. The maximum atomic E-state index is 12.2. The number of anilines is 1. The highest BCUT2D eigenvalue weighted by molar-refractivity contribution is 6.33. The van der Waals surface area contributed by atoms with Gasteiger partial charge in [0.2, 0.25) is 11.7 Å². The summed E-state index contributed by atoms with van der Waals surface area (Å²) in [5.41, 5.74) is 1.37. The summed E-state index contributed by atoms with van der Waals surface area (Å²) < 4.78 is 10.7. The monoisotopic (exact) mass is 341 g/mol. The van der Waals surface area contributed by atoms with E-state index in [9.17, 15) is 4.79 Å². The van der Waals surface area contributed by atoms with E-state index >= 15 is 0 Å². The van der Waals surface area contributed by atoms with Crippen LogP contribution in [-0.4, -0.2) is 22.7 Å². The first-order valence-electron chi connectivity index (χ1n) is 7.32. The van der Waals surface area contributed by atoms with Gasteiger partial charge in [-0.1, -0.05) is 41.0 Å². The number of carbonyl (C=O) groups excluding carboxylic acids is 1. The quantitative estimate of drug-likeness (QED) is 0.731. The summed E-state index contributed by atoms with van der Waals surface area (Å²) in [5, 5.41) is 4.49. The zero-order chi connectivity index (χ0) is 16.5. The van der Waals surface area contributed by atoms with Gasteiger partial charge in [0.1, 0.15) is 12.3 Å². The second-order valence-corrected chi connectivity index (χ2v) is 5.64. The second kappa shape index (κ2) is 5.98. The number of carbonyl (C=O) groups is 1. The van der Waals surface area contributed by atoms with Crippen LogP contribution in [0.1, 0.15) is 5.89 Å². The lowest BCUT2D eigenvalue weighted by molar-refractivity contribution is -0.121. The highest BCUT2D eigenvalue weighted by Gasteiger charge is 2.27. The maximum Gasteiger partial charge on any atom is 0.265 e. The molecule has 6 nitrogen and oxygen atoms in total. The first-order valence-corrected chi connectivity index (χ1v) is 7.70. The number of hydrogen-bond acceptors (Lipinski definition) is 5. The van der Waals surface area contributed by atoms with Crippen molar-refractivity contribution in [2.45, 2.75) is 6.54 Å². The molecule has 1 amide bonds. The number of rotatable bonds is 3. The summed E-state index contributed by atoms with van der Waals surface area (Å²) in [5.74, 6) is 1.22. The minimum absolute atomic E-state index is 0.0114. The number of para-hydroxylation sites is 2. The van der Waals surface area contributed by atoms with Crippen LogP contribution in [0, 0.1) is 0 Å². The summed E-state index contributed by atoms with van der Waals surface area (Å²) in [7, 11) is 0. The molecule has 3 aromatic rings. The Bertz CT molecular complexity index is 909. The van der Waals surface area contributed by atoms with Crippen molar-refractivity contribution in [2.75, 3.05) is 11.5 Å². The first-order chi connectivity index (χ1) is 11.7. The van der Waals surface area contributed by atoms with Crippen molar-refractivity contribution in [3.8, 4) is 17.1 Å². The van der Waals surface area contributed by atoms with Crippen molar-refractivity contribution in [1.82, 2.24) is 10.1 Å². The predicted molar refractivity (Wildman–Crippen MR) is 87.9 cm³/mol. The Kier molecular flexibility index (Phi) is 3.66. The van der Waals surface area contributed by atoms with E-state index in [-0.39, 0.29) is 19.1 Å². The standard InChI is InChI=1S/C17H12ClN3O3/c18-12-6-2-1-5-11(12)17-19-15(24-20-17)9-21-13-7-3-4-8-14(13)23-10-16(21)22/h1-8H,9-10H2. The van der Waals surface area contributed by atoms with E-state index in [0.29, 0.717) is 33.7 Å². The Labute approximate surface area is 142 Å². The topological polar surface area (TPSA) is 68.5 Å². The van der Waals surface area contributed by atoms with Crippen molar-refractivity contribution in [1.29, 1.82) is 0 Å². The maximum absolute atomic E-state index is 12.2. The van der Waals surface area contributed by atoms with Crippen LogP contribution in [0.4, 0.5) is 5.69 Å². The highest BCUT2D eigenvalue weighted by atomic mass is 35.5. The molecule has 0 bridgehead atoms. The van der Waals surface area contributed by atoms with Crippen molar-refractivity contribution < 1.29 is 14.1 Å². The lowest BCUT2D eigenvalue weighted by atomic mass is 10.2. The zero-order valence-corrected chi connectivity index (χ0v) is 13.2. The molecule has 2 heterocycles. The van der Waals surface area contributed by atoms with E-state index in [0.717, 1.165) is 0 Å². The minimum atomic E-state index is -0.161. The average molecular weight is 342 g/mol. The molecule has 120 valence electrons. The summed E-state index contributed by atoms with van der Waals surface area (Å²) in [6, 6.07) is 14.6. The molecule has 1 aromatic heterocycles. The molecule has 0 radical (unpaired) electrons. The summed E-state index contributed by atoms with van der Waals surface area (Å²) in [6.07, 6.45) is 0. The Morgan fingerprint density at radius 2 is 1.92 bits per heavy atom. The molecule has 0 unspecified atom stereocenters. The molecule has 1 aliphatic rings. The summed E-state index contributed by atoms with van der Waals surface area (Å²) in [6.45, 7) is 0.166. The van der Waals surface area contributed by atoms with Gasteiger partial charge in [0.25, 0.3) is 5.91 Å². The fourth-order valence-electron chi connectivity index (χ4n) is 2.53. The van der Waals surface area contributed by atoms with E-state index < -0.39 is 0 Å². The third-order valence-electron chi connectivity index (χ3n) is 3.68. The lowest BCUT2D eigenvalue weighted by Crippen LogP contribution is -2.38. The first kappa shape index (κ1) is 14.7. The van der Waals surface area contributed by atoms with E-state index in [1.165, 1.54) is 0 Å². The molecule has 0 aliphatic carbocycles. The van der Waals surface area contributed by atoms with Gasteiger partial charge in [-0.25, -0.2) is 0 Å². The molecule has 0 fully saturated rings. The van der Waals surface area contributed by atoms with Crippen molar-refractivity contribution in [3.05, 3.63) is 59.4 Å². The Hall–Kier alpha value is -2.86. The molecule has 24 heavy (non-hydrogen) atoms. The predicted octanol–water partition coefficient (Wildman–Crippen LogP) is 3.32. The smallest absolute Gasteiger partial charge is 0.265 e. The van der Waals surface area contributed by atoms with Crippen LogP contribution in [0.3, 0.4) is 0 Å². The molecule has 4 rings (SSSR count). The average Bonchev–Trinajstić information content (AvgIpc) is 3.06. The number of fused-ring (bicyclic) bond motifs is 1. The fraction of sp³-hybridized carbons (Fsp3) is 0.118. The number of halogens is 1. The van der Waals surface area contributed by atoms with Crippen LogP contribution in [-0.2, 0) is 11.3 Å². The lowest BCUT2D eigenvalue weighted by Gasteiger charge is -2.27. The SMILES string of the molecule is O=C1COc2ccccc2N1Cc1nc(-c2ccccc2Cl)no1. The molecule has 0 atom stereocenters. The van der Waals surface area contributed by atoms with E-state index in [1.807, 2.05) is 42.5 Å². The van der Waals surface area contributed by atoms with Gasteiger partial charge in [0.05, 0.1) is 10.7 Å². The Morgan fingerprint density at radius 3 is 2.79 bits per heavy atom. The molecule has 0 N–H and O–H groups in total. The van der Waals surface area contributed by atoms with Gasteiger partial charge in [0.15, 0.2) is 6.61 Å². The van der Waals surface area contributed by atoms with Crippen LogP contribution >= 0.6 is 11.6 Å². The molecular formula is C17H12ClN3O3. The van der Waals surface area contributed by atoms with E-state index in [2.05, 4.69) is 10.1 Å². The molecule has 1 aliphatic heterocycles. The molecule has 0 saturated heterocycles. The van der Waals surface area contributed by atoms with Crippen molar-refractivity contribution in [3.63, 3.8) is 0 Å². The number of benzene rings is 2. The minimum Gasteiger partial charge on any atom is -0.482 e. The molecular weight excluding hydrogens is 330 g/mol. The van der Waals surface area contributed by atoms with E-state index in [4.69, 9.17) is 20.9 Å². The third kappa shape index (κ3) is 2.61. The Balaban J connectivity index is 1.63. The van der Waals surface area contributed by atoms with Gasteiger partial charge in [-0.15, -0.1) is 0 Å². The number of aromatic nitrogens is 2. The molecule has 0 spiro atoms. The molecule has 0 saturated carbocycles. The normalized spacial score (nSPS) is 13.5. The van der Waals surface area contributed by atoms with Crippen molar-refractivity contribution in [2.24, 2.45) is 0 Å². The largest absolute Gasteiger partial charge is 0.482 e. The summed E-state index contributed by atoms with van der Waals surface area (Å²) >= 11 is 6.15. The Morgan fingerprint density at radius 1 is 1.12 bits per heavy atom. The fourth-order valence-corrected chi connectivity index (χ4v) is 2.75. The highest BCUT2D eigenvalue weighted by Crippen LogP contribution is 2.32. The van der Waals surface area contributed by atoms with Gasteiger partial charge in [0, 0.05) is 5.56 Å². The van der Waals surface area contributed by atoms with Crippen LogP contribution < -0.4 is 9.64 Å². The van der Waals surface area contributed by atoms with Crippen molar-refractivity contribution >= 4 is 23.2 Å². The second-order valence-electron chi connectivity index (χ2n) is 5.23. The van der Waals surface area contributed by atoms with Crippen LogP contribution in [0.15, 0.2) is 53.1 Å². The number of ether oxygens (including phenoxy) is 1. The van der Waals surface area contributed by atoms with E-state index in [1.54, 1.807) is 11.0 Å². The molecule has 2 aromatic carbocycles. The number of hydrogen-bond donors (Lipinski definition) is 0.